The Morgan fingerprint density at radius 2 is 2.25 bits per heavy atom. The molecule has 1 aliphatic rings. The lowest BCUT2D eigenvalue weighted by molar-refractivity contribution is -0.144. The normalized spacial score (nSPS) is 20.2. The van der Waals surface area contributed by atoms with Gasteiger partial charge in [0.1, 0.15) is 5.92 Å². The smallest absolute Gasteiger partial charge is 0.316 e. The van der Waals surface area contributed by atoms with Gasteiger partial charge in [-0.15, -0.1) is 0 Å². The SMILES string of the molecule is Cc1cccc(N2CCC(C(=O)O)C2=O)c1. The molecule has 0 bridgehead atoms. The van der Waals surface area contributed by atoms with E-state index in [0.29, 0.717) is 13.0 Å². The molecule has 1 aliphatic heterocycles. The summed E-state index contributed by atoms with van der Waals surface area (Å²) in [7, 11) is 0. The van der Waals surface area contributed by atoms with Gasteiger partial charge in [0.25, 0.3) is 0 Å². The van der Waals surface area contributed by atoms with Crippen molar-refractivity contribution in [1.82, 2.24) is 0 Å². The number of rotatable bonds is 2. The van der Waals surface area contributed by atoms with Crippen molar-refractivity contribution in [2.24, 2.45) is 5.92 Å². The van der Waals surface area contributed by atoms with Crippen LogP contribution in [0.1, 0.15) is 12.0 Å². The minimum Gasteiger partial charge on any atom is -0.481 e. The van der Waals surface area contributed by atoms with Crippen LogP contribution < -0.4 is 4.90 Å². The van der Waals surface area contributed by atoms with Crippen LogP contribution in [0.2, 0.25) is 0 Å². The van der Waals surface area contributed by atoms with Crippen LogP contribution in [-0.4, -0.2) is 23.5 Å². The minimum absolute atomic E-state index is 0.307. The van der Waals surface area contributed by atoms with Crippen molar-refractivity contribution in [2.75, 3.05) is 11.4 Å². The number of carboxylic acid groups (broad SMARTS) is 1. The fraction of sp³-hybridized carbons (Fsp3) is 0.333. The van der Waals surface area contributed by atoms with Crippen LogP contribution >= 0.6 is 0 Å². The molecule has 1 heterocycles. The van der Waals surface area contributed by atoms with E-state index in [9.17, 15) is 9.59 Å². The van der Waals surface area contributed by atoms with Crippen LogP contribution in [0.5, 0.6) is 0 Å². The zero-order valence-electron chi connectivity index (χ0n) is 9.01. The molecular weight excluding hydrogens is 206 g/mol. The van der Waals surface area contributed by atoms with Crippen molar-refractivity contribution in [1.29, 1.82) is 0 Å². The monoisotopic (exact) mass is 219 g/mol. The van der Waals surface area contributed by atoms with Crippen molar-refractivity contribution in [3.05, 3.63) is 29.8 Å². The Balaban J connectivity index is 2.25. The van der Waals surface area contributed by atoms with Crippen LogP contribution in [0.15, 0.2) is 24.3 Å². The van der Waals surface area contributed by atoms with Crippen LogP contribution in [0.25, 0.3) is 0 Å². The second kappa shape index (κ2) is 3.96. The Hall–Kier alpha value is -1.84. The molecule has 1 amide bonds. The van der Waals surface area contributed by atoms with Gasteiger partial charge in [0, 0.05) is 12.2 Å². The Morgan fingerprint density at radius 3 is 2.81 bits per heavy atom. The molecule has 1 unspecified atom stereocenters. The lowest BCUT2D eigenvalue weighted by Crippen LogP contribution is -2.30. The van der Waals surface area contributed by atoms with Gasteiger partial charge >= 0.3 is 5.97 Å². The quantitative estimate of drug-likeness (QED) is 0.765. The molecule has 84 valence electrons. The third kappa shape index (κ3) is 1.78. The first-order chi connectivity index (χ1) is 7.59. The molecule has 1 atom stereocenters. The molecule has 1 aromatic carbocycles. The molecule has 16 heavy (non-hydrogen) atoms. The predicted molar refractivity (Wildman–Crippen MR) is 59.3 cm³/mol. The molecule has 0 saturated carbocycles. The molecule has 4 heteroatoms. The van der Waals surface area contributed by atoms with E-state index < -0.39 is 11.9 Å². The lowest BCUT2D eigenvalue weighted by Gasteiger charge is -2.16. The number of amides is 1. The molecule has 0 aromatic heterocycles. The first kappa shape index (κ1) is 10.7. The number of anilines is 1. The number of carboxylic acids is 1. The highest BCUT2D eigenvalue weighted by molar-refractivity contribution is 6.07. The summed E-state index contributed by atoms with van der Waals surface area (Å²) in [5, 5.41) is 8.86. The summed E-state index contributed by atoms with van der Waals surface area (Å²) in [5.41, 5.74) is 1.85. The fourth-order valence-electron chi connectivity index (χ4n) is 1.96. The van der Waals surface area contributed by atoms with Crippen LogP contribution in [0.4, 0.5) is 5.69 Å². The number of carbonyl (C=O) groups is 2. The highest BCUT2D eigenvalue weighted by Crippen LogP contribution is 2.25. The van der Waals surface area contributed by atoms with E-state index in [1.165, 1.54) is 0 Å². The molecular formula is C12H13NO3. The Labute approximate surface area is 93.5 Å². The van der Waals surface area contributed by atoms with Crippen molar-refractivity contribution in [2.45, 2.75) is 13.3 Å². The first-order valence-electron chi connectivity index (χ1n) is 5.20. The third-order valence-electron chi connectivity index (χ3n) is 2.82. The molecule has 0 aliphatic carbocycles. The highest BCUT2D eigenvalue weighted by Gasteiger charge is 2.37. The average molecular weight is 219 g/mol. The molecule has 0 radical (unpaired) electrons. The summed E-state index contributed by atoms with van der Waals surface area (Å²) in [4.78, 5) is 24.2. The van der Waals surface area contributed by atoms with Gasteiger partial charge < -0.3 is 10.0 Å². The molecule has 1 aromatic rings. The molecule has 1 fully saturated rings. The fourth-order valence-corrected chi connectivity index (χ4v) is 1.96. The van der Waals surface area contributed by atoms with Gasteiger partial charge in [-0.05, 0) is 31.0 Å². The van der Waals surface area contributed by atoms with Crippen molar-refractivity contribution in [3.63, 3.8) is 0 Å². The largest absolute Gasteiger partial charge is 0.481 e. The second-order valence-corrected chi connectivity index (χ2v) is 4.01. The molecule has 4 nitrogen and oxygen atoms in total. The molecule has 0 spiro atoms. The van der Waals surface area contributed by atoms with E-state index in [4.69, 9.17) is 5.11 Å². The summed E-state index contributed by atoms with van der Waals surface area (Å²) in [6, 6.07) is 7.53. The van der Waals surface area contributed by atoms with E-state index in [0.717, 1.165) is 11.3 Å². The standard InChI is InChI=1S/C12H13NO3/c1-8-3-2-4-9(7-8)13-6-5-10(11(13)14)12(15)16/h2-4,7,10H,5-6H2,1H3,(H,15,16). The Kier molecular flexibility index (Phi) is 2.64. The maximum absolute atomic E-state index is 11.8. The number of hydrogen-bond donors (Lipinski definition) is 1. The van der Waals surface area contributed by atoms with Crippen molar-refractivity contribution < 1.29 is 14.7 Å². The van der Waals surface area contributed by atoms with Crippen molar-refractivity contribution in [3.8, 4) is 0 Å². The van der Waals surface area contributed by atoms with Gasteiger partial charge in [-0.2, -0.15) is 0 Å². The lowest BCUT2D eigenvalue weighted by atomic mass is 10.1. The first-order valence-corrected chi connectivity index (χ1v) is 5.20. The van der Waals surface area contributed by atoms with E-state index in [-0.39, 0.29) is 5.91 Å². The maximum atomic E-state index is 11.8. The average Bonchev–Trinajstić information content (AvgIpc) is 2.60. The van der Waals surface area contributed by atoms with Crippen LogP contribution in [0.3, 0.4) is 0 Å². The Bertz CT molecular complexity index is 442. The number of aliphatic carboxylic acids is 1. The van der Waals surface area contributed by atoms with E-state index >= 15 is 0 Å². The Morgan fingerprint density at radius 1 is 1.50 bits per heavy atom. The second-order valence-electron chi connectivity index (χ2n) is 4.01. The topological polar surface area (TPSA) is 57.6 Å². The summed E-state index contributed by atoms with van der Waals surface area (Å²) < 4.78 is 0. The summed E-state index contributed by atoms with van der Waals surface area (Å²) in [5.74, 6) is -2.21. The van der Waals surface area contributed by atoms with Gasteiger partial charge in [0.2, 0.25) is 5.91 Å². The number of nitrogens with zero attached hydrogens (tertiary/aromatic N) is 1. The number of carbonyl (C=O) groups excluding carboxylic acids is 1. The van der Waals surface area contributed by atoms with Crippen LogP contribution in [-0.2, 0) is 9.59 Å². The van der Waals surface area contributed by atoms with Gasteiger partial charge in [0.05, 0.1) is 0 Å². The van der Waals surface area contributed by atoms with Crippen molar-refractivity contribution >= 4 is 17.6 Å². The van der Waals surface area contributed by atoms with Gasteiger partial charge in [-0.3, -0.25) is 9.59 Å². The van der Waals surface area contributed by atoms with E-state index in [1.54, 1.807) is 4.90 Å². The van der Waals surface area contributed by atoms with Crippen LogP contribution in [0, 0.1) is 12.8 Å². The van der Waals surface area contributed by atoms with E-state index in [1.807, 2.05) is 31.2 Å². The zero-order valence-corrected chi connectivity index (χ0v) is 9.01. The minimum atomic E-state index is -1.03. The van der Waals surface area contributed by atoms with Gasteiger partial charge in [-0.1, -0.05) is 12.1 Å². The maximum Gasteiger partial charge on any atom is 0.316 e. The summed E-state index contributed by atoms with van der Waals surface area (Å²) >= 11 is 0. The molecule has 1 N–H and O–H groups in total. The molecule has 1 saturated heterocycles. The van der Waals surface area contributed by atoms with E-state index in [2.05, 4.69) is 0 Å². The molecule has 2 rings (SSSR count). The number of benzene rings is 1. The highest BCUT2D eigenvalue weighted by atomic mass is 16.4. The third-order valence-corrected chi connectivity index (χ3v) is 2.82. The van der Waals surface area contributed by atoms with Gasteiger partial charge in [-0.25, -0.2) is 0 Å². The predicted octanol–water partition coefficient (Wildman–Crippen LogP) is 1.43. The number of hydrogen-bond acceptors (Lipinski definition) is 2. The zero-order chi connectivity index (χ0) is 11.7. The summed E-state index contributed by atoms with van der Waals surface area (Å²) in [6.45, 7) is 2.43. The van der Waals surface area contributed by atoms with Gasteiger partial charge in [0.15, 0.2) is 0 Å². The number of aryl methyl sites for hydroxylation is 1. The summed E-state index contributed by atoms with van der Waals surface area (Å²) in [6.07, 6.45) is 0.391.